The molecule has 0 saturated carbocycles. The summed E-state index contributed by atoms with van der Waals surface area (Å²) in [5.41, 5.74) is 1.48. The first-order valence-corrected chi connectivity index (χ1v) is 9.67. The predicted octanol–water partition coefficient (Wildman–Crippen LogP) is 3.66. The van der Waals surface area contributed by atoms with E-state index in [-0.39, 0.29) is 10.7 Å². The van der Waals surface area contributed by atoms with Gasteiger partial charge in [0.05, 0.1) is 23.9 Å². The topological polar surface area (TPSA) is 80.3 Å². The van der Waals surface area contributed by atoms with Gasteiger partial charge in [0.1, 0.15) is 11.6 Å². The summed E-state index contributed by atoms with van der Waals surface area (Å²) in [6, 6.07) is 8.29. The summed E-state index contributed by atoms with van der Waals surface area (Å²) < 4.78 is 32.7. The largest absolute Gasteiger partial charge is 0.497 e. The number of anilines is 2. The maximum Gasteiger partial charge on any atom is 0.263 e. The molecule has 0 aliphatic heterocycles. The second kappa shape index (κ2) is 8.20. The molecule has 25 heavy (non-hydrogen) atoms. The van der Waals surface area contributed by atoms with Crippen LogP contribution in [0.5, 0.6) is 5.75 Å². The van der Waals surface area contributed by atoms with E-state index in [1.165, 1.54) is 6.07 Å². The number of sulfonamides is 1. The van der Waals surface area contributed by atoms with Crippen LogP contribution in [0.15, 0.2) is 41.4 Å². The maximum atomic E-state index is 12.5. The number of benzene rings is 1. The van der Waals surface area contributed by atoms with Crippen LogP contribution in [0, 0.1) is 12.8 Å². The first-order chi connectivity index (χ1) is 11.8. The van der Waals surface area contributed by atoms with Gasteiger partial charge in [0.15, 0.2) is 0 Å². The van der Waals surface area contributed by atoms with E-state index in [2.05, 4.69) is 28.9 Å². The molecule has 0 aliphatic carbocycles. The summed E-state index contributed by atoms with van der Waals surface area (Å²) in [6.07, 6.45) is 2.68. The molecule has 6 nitrogen and oxygen atoms in total. The van der Waals surface area contributed by atoms with E-state index >= 15 is 0 Å². The SMILES string of the molecule is COc1ccc(S(=O)(=O)Nc2ccc(NCCC(C)C)cn2)c(C)c1. The van der Waals surface area contributed by atoms with E-state index in [1.807, 2.05) is 6.07 Å². The molecule has 1 aromatic carbocycles. The predicted molar refractivity (Wildman–Crippen MR) is 101 cm³/mol. The summed E-state index contributed by atoms with van der Waals surface area (Å²) in [5, 5.41) is 3.27. The van der Waals surface area contributed by atoms with Crippen LogP contribution in [0.4, 0.5) is 11.5 Å². The third-order valence-electron chi connectivity index (χ3n) is 3.72. The third-order valence-corrected chi connectivity index (χ3v) is 5.24. The summed E-state index contributed by atoms with van der Waals surface area (Å²) in [6.45, 7) is 6.92. The molecule has 2 N–H and O–H groups in total. The van der Waals surface area contributed by atoms with Crippen LogP contribution in [-0.4, -0.2) is 27.1 Å². The van der Waals surface area contributed by atoms with Gasteiger partial charge >= 0.3 is 0 Å². The molecule has 2 aromatic rings. The smallest absolute Gasteiger partial charge is 0.263 e. The molecular formula is C18H25N3O3S. The lowest BCUT2D eigenvalue weighted by Crippen LogP contribution is -2.15. The highest BCUT2D eigenvalue weighted by atomic mass is 32.2. The molecule has 0 bridgehead atoms. The second-order valence-corrected chi connectivity index (χ2v) is 7.93. The summed E-state index contributed by atoms with van der Waals surface area (Å²) in [7, 11) is -2.15. The van der Waals surface area contributed by atoms with Crippen LogP contribution in [0.3, 0.4) is 0 Å². The lowest BCUT2D eigenvalue weighted by molar-refractivity contribution is 0.414. The zero-order chi connectivity index (χ0) is 18.4. The van der Waals surface area contributed by atoms with Crippen LogP contribution in [0.1, 0.15) is 25.8 Å². The first kappa shape index (κ1) is 19.1. The average Bonchev–Trinajstić information content (AvgIpc) is 2.55. The number of nitrogens with zero attached hydrogens (tertiary/aromatic N) is 1. The normalized spacial score (nSPS) is 11.4. The fourth-order valence-corrected chi connectivity index (χ4v) is 3.54. The van der Waals surface area contributed by atoms with Crippen molar-refractivity contribution >= 4 is 21.5 Å². The van der Waals surface area contributed by atoms with Crippen LogP contribution >= 0.6 is 0 Å². The van der Waals surface area contributed by atoms with Gasteiger partial charge in [-0.25, -0.2) is 13.4 Å². The highest BCUT2D eigenvalue weighted by molar-refractivity contribution is 7.92. The molecular weight excluding hydrogens is 338 g/mol. The Morgan fingerprint density at radius 1 is 1.20 bits per heavy atom. The number of ether oxygens (including phenoxy) is 1. The van der Waals surface area contributed by atoms with Gasteiger partial charge in [-0.15, -0.1) is 0 Å². The fourth-order valence-electron chi connectivity index (χ4n) is 2.31. The van der Waals surface area contributed by atoms with Gasteiger partial charge in [-0.05, 0) is 55.2 Å². The third kappa shape index (κ3) is 5.35. The Bertz CT molecular complexity index is 803. The molecule has 2 rings (SSSR count). The maximum absolute atomic E-state index is 12.5. The fraction of sp³-hybridized carbons (Fsp3) is 0.389. The number of methoxy groups -OCH3 is 1. The molecule has 0 unspecified atom stereocenters. The molecule has 1 heterocycles. The Hall–Kier alpha value is -2.28. The highest BCUT2D eigenvalue weighted by Crippen LogP contribution is 2.23. The lowest BCUT2D eigenvalue weighted by Gasteiger charge is -2.12. The van der Waals surface area contributed by atoms with Crippen molar-refractivity contribution in [2.24, 2.45) is 5.92 Å². The molecule has 0 amide bonds. The number of aryl methyl sites for hydroxylation is 1. The van der Waals surface area contributed by atoms with Crippen LogP contribution in [-0.2, 0) is 10.0 Å². The number of hydrogen-bond acceptors (Lipinski definition) is 5. The number of rotatable bonds is 8. The molecule has 1 aromatic heterocycles. The number of aromatic nitrogens is 1. The van der Waals surface area contributed by atoms with Crippen molar-refractivity contribution in [1.82, 2.24) is 4.98 Å². The van der Waals surface area contributed by atoms with E-state index < -0.39 is 10.0 Å². The number of nitrogens with one attached hydrogen (secondary N) is 2. The van der Waals surface area contributed by atoms with Crippen molar-refractivity contribution in [2.75, 3.05) is 23.7 Å². The van der Waals surface area contributed by atoms with E-state index in [0.717, 1.165) is 18.7 Å². The van der Waals surface area contributed by atoms with Crippen molar-refractivity contribution in [1.29, 1.82) is 0 Å². The molecule has 0 radical (unpaired) electrons. The molecule has 0 aliphatic rings. The summed E-state index contributed by atoms with van der Waals surface area (Å²) in [4.78, 5) is 4.38. The highest BCUT2D eigenvalue weighted by Gasteiger charge is 2.18. The van der Waals surface area contributed by atoms with E-state index in [1.54, 1.807) is 38.4 Å². The molecule has 0 saturated heterocycles. The quantitative estimate of drug-likeness (QED) is 0.748. The zero-order valence-electron chi connectivity index (χ0n) is 15.0. The zero-order valence-corrected chi connectivity index (χ0v) is 15.9. The van der Waals surface area contributed by atoms with Gasteiger partial charge in [0.2, 0.25) is 0 Å². The Morgan fingerprint density at radius 2 is 1.96 bits per heavy atom. The van der Waals surface area contributed by atoms with Gasteiger partial charge in [0, 0.05) is 6.54 Å². The Kier molecular flexibility index (Phi) is 6.25. The minimum absolute atomic E-state index is 0.203. The molecule has 0 fully saturated rings. The van der Waals surface area contributed by atoms with Crippen molar-refractivity contribution in [2.45, 2.75) is 32.1 Å². The molecule has 0 atom stereocenters. The number of pyridine rings is 1. The summed E-state index contributed by atoms with van der Waals surface area (Å²) >= 11 is 0. The van der Waals surface area contributed by atoms with E-state index in [0.29, 0.717) is 17.2 Å². The van der Waals surface area contributed by atoms with Gasteiger partial charge < -0.3 is 10.1 Å². The molecule has 136 valence electrons. The summed E-state index contributed by atoms with van der Waals surface area (Å²) in [5.74, 6) is 1.52. The molecule has 0 spiro atoms. The van der Waals surface area contributed by atoms with Crippen molar-refractivity contribution in [3.63, 3.8) is 0 Å². The Morgan fingerprint density at radius 3 is 2.52 bits per heavy atom. The van der Waals surface area contributed by atoms with Crippen molar-refractivity contribution in [3.05, 3.63) is 42.1 Å². The van der Waals surface area contributed by atoms with Gasteiger partial charge in [-0.1, -0.05) is 13.8 Å². The average molecular weight is 363 g/mol. The van der Waals surface area contributed by atoms with Crippen molar-refractivity contribution < 1.29 is 13.2 Å². The van der Waals surface area contributed by atoms with Gasteiger partial charge in [-0.3, -0.25) is 4.72 Å². The van der Waals surface area contributed by atoms with E-state index in [9.17, 15) is 8.42 Å². The van der Waals surface area contributed by atoms with Crippen LogP contribution in [0.2, 0.25) is 0 Å². The van der Waals surface area contributed by atoms with Gasteiger partial charge in [-0.2, -0.15) is 0 Å². The standard InChI is InChI=1S/C18H25N3O3S/c1-13(2)9-10-19-15-5-8-18(20-12-15)21-25(22,23)17-7-6-16(24-4)11-14(17)3/h5-8,11-13,19H,9-10H2,1-4H3,(H,20,21). The van der Waals surface area contributed by atoms with Gasteiger partial charge in [0.25, 0.3) is 10.0 Å². The minimum Gasteiger partial charge on any atom is -0.497 e. The Labute approximate surface area is 149 Å². The van der Waals surface area contributed by atoms with Crippen LogP contribution in [0.25, 0.3) is 0 Å². The monoisotopic (exact) mass is 363 g/mol. The van der Waals surface area contributed by atoms with Crippen LogP contribution < -0.4 is 14.8 Å². The Balaban J connectivity index is 2.07. The lowest BCUT2D eigenvalue weighted by atomic mass is 10.1. The first-order valence-electron chi connectivity index (χ1n) is 8.19. The minimum atomic E-state index is -3.70. The second-order valence-electron chi connectivity index (χ2n) is 6.28. The number of hydrogen-bond donors (Lipinski definition) is 2. The molecule has 7 heteroatoms. The van der Waals surface area contributed by atoms with Crippen molar-refractivity contribution in [3.8, 4) is 5.75 Å². The van der Waals surface area contributed by atoms with E-state index in [4.69, 9.17) is 4.74 Å².